The second-order valence-corrected chi connectivity index (χ2v) is 4.32. The molecule has 2 rings (SSSR count). The smallest absolute Gasteiger partial charge is 0.348 e. The molecule has 0 radical (unpaired) electrons. The maximum absolute atomic E-state index is 11.5. The van der Waals surface area contributed by atoms with Crippen LogP contribution in [-0.4, -0.2) is 19.7 Å². The molecule has 0 spiro atoms. The third kappa shape index (κ3) is 2.02. The van der Waals surface area contributed by atoms with E-state index in [4.69, 9.17) is 9.47 Å². The van der Waals surface area contributed by atoms with Gasteiger partial charge in [-0.3, -0.25) is 0 Å². The van der Waals surface area contributed by atoms with Crippen LogP contribution in [0.2, 0.25) is 0 Å². The molecule has 0 amide bonds. The number of thiophene rings is 1. The highest BCUT2D eigenvalue weighted by atomic mass is 32.1. The predicted molar refractivity (Wildman–Crippen MR) is 64.3 cm³/mol. The minimum atomic E-state index is -0.261. The van der Waals surface area contributed by atoms with E-state index in [2.05, 4.69) is 0 Å². The Labute approximate surface area is 97.6 Å². The number of rotatable bonds is 3. The Bertz CT molecular complexity index is 516. The van der Waals surface area contributed by atoms with E-state index in [0.29, 0.717) is 11.5 Å². The van der Waals surface area contributed by atoms with Crippen LogP contribution in [0, 0.1) is 0 Å². The molecule has 0 unspecified atom stereocenters. The van der Waals surface area contributed by atoms with Crippen molar-refractivity contribution in [1.29, 1.82) is 0 Å². The maximum Gasteiger partial charge on any atom is 0.348 e. The Morgan fingerprint density at radius 3 is 2.88 bits per heavy atom. The number of benzene rings is 1. The van der Waals surface area contributed by atoms with E-state index >= 15 is 0 Å². The summed E-state index contributed by atoms with van der Waals surface area (Å²) in [5.74, 6) is 0.535. The number of carbonyl (C=O) groups is 1. The summed E-state index contributed by atoms with van der Waals surface area (Å²) in [6.07, 6.45) is 0. The molecular formula is C12H12O3S. The summed E-state index contributed by atoms with van der Waals surface area (Å²) in [6.45, 7) is 2.20. The highest BCUT2D eigenvalue weighted by Gasteiger charge is 2.11. The highest BCUT2D eigenvalue weighted by Crippen LogP contribution is 2.29. The van der Waals surface area contributed by atoms with Crippen molar-refractivity contribution in [1.82, 2.24) is 0 Å². The Kier molecular flexibility index (Phi) is 3.10. The second-order valence-electron chi connectivity index (χ2n) is 3.23. The molecule has 0 aliphatic rings. The van der Waals surface area contributed by atoms with Crippen LogP contribution in [0.4, 0.5) is 0 Å². The van der Waals surface area contributed by atoms with Crippen molar-refractivity contribution in [3.05, 3.63) is 29.1 Å². The van der Waals surface area contributed by atoms with Gasteiger partial charge in [-0.1, -0.05) is 0 Å². The van der Waals surface area contributed by atoms with Crippen molar-refractivity contribution in [3.63, 3.8) is 0 Å². The number of fused-ring (bicyclic) bond motifs is 1. The standard InChI is InChI=1S/C12H12O3S/c1-3-15-12(13)11-6-8-4-5-9(14-2)7-10(8)16-11/h4-7H,3H2,1-2H3. The number of ether oxygens (including phenoxy) is 2. The zero-order valence-electron chi connectivity index (χ0n) is 9.15. The van der Waals surface area contributed by atoms with Crippen molar-refractivity contribution in [2.75, 3.05) is 13.7 Å². The van der Waals surface area contributed by atoms with Crippen molar-refractivity contribution in [3.8, 4) is 5.75 Å². The Morgan fingerprint density at radius 2 is 2.19 bits per heavy atom. The van der Waals surface area contributed by atoms with Gasteiger partial charge in [0.25, 0.3) is 0 Å². The summed E-state index contributed by atoms with van der Waals surface area (Å²) in [5, 5.41) is 1.04. The Balaban J connectivity index is 2.39. The average molecular weight is 236 g/mol. The van der Waals surface area contributed by atoms with E-state index in [1.54, 1.807) is 14.0 Å². The largest absolute Gasteiger partial charge is 0.497 e. The minimum Gasteiger partial charge on any atom is -0.497 e. The van der Waals surface area contributed by atoms with E-state index in [9.17, 15) is 4.79 Å². The van der Waals surface area contributed by atoms with Crippen LogP contribution in [-0.2, 0) is 4.74 Å². The van der Waals surface area contributed by atoms with E-state index in [0.717, 1.165) is 15.8 Å². The van der Waals surface area contributed by atoms with E-state index < -0.39 is 0 Å². The normalized spacial score (nSPS) is 10.4. The summed E-state index contributed by atoms with van der Waals surface area (Å²) in [7, 11) is 1.63. The van der Waals surface area contributed by atoms with Gasteiger partial charge in [0, 0.05) is 4.70 Å². The summed E-state index contributed by atoms with van der Waals surface area (Å²) in [5.41, 5.74) is 0. The van der Waals surface area contributed by atoms with Gasteiger partial charge < -0.3 is 9.47 Å². The number of hydrogen-bond acceptors (Lipinski definition) is 4. The Morgan fingerprint density at radius 1 is 1.38 bits per heavy atom. The van der Waals surface area contributed by atoms with Gasteiger partial charge in [0.15, 0.2) is 0 Å². The molecule has 1 aromatic carbocycles. The minimum absolute atomic E-state index is 0.261. The fraction of sp³-hybridized carbons (Fsp3) is 0.250. The fourth-order valence-electron chi connectivity index (χ4n) is 1.44. The van der Waals surface area contributed by atoms with Gasteiger partial charge in [-0.05, 0) is 36.6 Å². The quantitative estimate of drug-likeness (QED) is 0.768. The van der Waals surface area contributed by atoms with Gasteiger partial charge in [0.05, 0.1) is 13.7 Å². The van der Waals surface area contributed by atoms with Crippen LogP contribution in [0.25, 0.3) is 10.1 Å². The number of carbonyl (C=O) groups excluding carboxylic acids is 1. The maximum atomic E-state index is 11.5. The molecule has 2 aromatic rings. The first-order valence-corrected chi connectivity index (χ1v) is 5.81. The highest BCUT2D eigenvalue weighted by molar-refractivity contribution is 7.20. The summed E-state index contributed by atoms with van der Waals surface area (Å²) in [6, 6.07) is 7.58. The van der Waals surface area contributed by atoms with Crippen LogP contribution in [0.5, 0.6) is 5.75 Å². The molecule has 0 saturated heterocycles. The topological polar surface area (TPSA) is 35.5 Å². The van der Waals surface area contributed by atoms with Crippen molar-refractivity contribution >= 4 is 27.4 Å². The van der Waals surface area contributed by atoms with Crippen LogP contribution in [0.15, 0.2) is 24.3 Å². The van der Waals surface area contributed by atoms with E-state index in [1.807, 2.05) is 24.3 Å². The lowest BCUT2D eigenvalue weighted by molar-refractivity contribution is 0.0532. The lowest BCUT2D eigenvalue weighted by atomic mass is 10.2. The molecule has 0 fully saturated rings. The first-order chi connectivity index (χ1) is 7.74. The van der Waals surface area contributed by atoms with Crippen LogP contribution in [0.1, 0.15) is 16.6 Å². The van der Waals surface area contributed by atoms with Gasteiger partial charge in [-0.25, -0.2) is 4.79 Å². The molecule has 1 aromatic heterocycles. The van der Waals surface area contributed by atoms with Crippen LogP contribution < -0.4 is 4.74 Å². The lowest BCUT2D eigenvalue weighted by Gasteiger charge is -1.97. The summed E-state index contributed by atoms with van der Waals surface area (Å²) in [4.78, 5) is 12.2. The average Bonchev–Trinajstić information content (AvgIpc) is 2.71. The molecule has 84 valence electrons. The van der Waals surface area contributed by atoms with Crippen molar-refractivity contribution in [2.45, 2.75) is 6.92 Å². The van der Waals surface area contributed by atoms with Crippen molar-refractivity contribution in [2.24, 2.45) is 0 Å². The molecule has 0 atom stereocenters. The van der Waals surface area contributed by atoms with Gasteiger partial charge in [0.1, 0.15) is 10.6 Å². The van der Waals surface area contributed by atoms with Gasteiger partial charge in [-0.2, -0.15) is 0 Å². The third-order valence-corrected chi connectivity index (χ3v) is 3.28. The monoisotopic (exact) mass is 236 g/mol. The van der Waals surface area contributed by atoms with Crippen molar-refractivity contribution < 1.29 is 14.3 Å². The van der Waals surface area contributed by atoms with E-state index in [-0.39, 0.29) is 5.97 Å². The SMILES string of the molecule is CCOC(=O)c1cc2ccc(OC)cc2s1. The third-order valence-electron chi connectivity index (χ3n) is 2.20. The Hall–Kier alpha value is -1.55. The number of methoxy groups -OCH3 is 1. The zero-order valence-corrected chi connectivity index (χ0v) is 9.97. The van der Waals surface area contributed by atoms with Gasteiger partial charge in [0.2, 0.25) is 0 Å². The molecular weight excluding hydrogens is 224 g/mol. The number of esters is 1. The fourth-order valence-corrected chi connectivity index (χ4v) is 2.43. The first kappa shape index (κ1) is 11.0. The van der Waals surface area contributed by atoms with Gasteiger partial charge >= 0.3 is 5.97 Å². The molecule has 4 heteroatoms. The first-order valence-electron chi connectivity index (χ1n) is 4.99. The summed E-state index contributed by atoms with van der Waals surface area (Å²) >= 11 is 1.42. The number of hydrogen-bond donors (Lipinski definition) is 0. The summed E-state index contributed by atoms with van der Waals surface area (Å²) < 4.78 is 11.1. The zero-order chi connectivity index (χ0) is 11.5. The predicted octanol–water partition coefficient (Wildman–Crippen LogP) is 3.09. The molecule has 3 nitrogen and oxygen atoms in total. The molecule has 1 heterocycles. The van der Waals surface area contributed by atoms with E-state index in [1.165, 1.54) is 11.3 Å². The van der Waals surface area contributed by atoms with Crippen LogP contribution >= 0.6 is 11.3 Å². The molecule has 0 aliphatic carbocycles. The second kappa shape index (κ2) is 4.53. The van der Waals surface area contributed by atoms with Crippen LogP contribution in [0.3, 0.4) is 0 Å². The molecule has 0 bridgehead atoms. The van der Waals surface area contributed by atoms with Gasteiger partial charge in [-0.15, -0.1) is 11.3 Å². The molecule has 0 aliphatic heterocycles. The molecule has 0 saturated carbocycles. The molecule has 16 heavy (non-hydrogen) atoms. The lowest BCUT2D eigenvalue weighted by Crippen LogP contribution is -2.01. The molecule has 0 N–H and O–H groups in total.